The third-order valence-electron chi connectivity index (χ3n) is 2.13. The van der Waals surface area contributed by atoms with Gasteiger partial charge in [-0.15, -0.1) is 0 Å². The summed E-state index contributed by atoms with van der Waals surface area (Å²) >= 11 is 1.87. The van der Waals surface area contributed by atoms with Gasteiger partial charge in [0.2, 0.25) is 5.91 Å². The van der Waals surface area contributed by atoms with Gasteiger partial charge >= 0.3 is 0 Å². The summed E-state index contributed by atoms with van der Waals surface area (Å²) in [7, 11) is 0. The van der Waals surface area contributed by atoms with Crippen molar-refractivity contribution in [2.75, 3.05) is 18.1 Å². The molecule has 0 spiro atoms. The third kappa shape index (κ3) is 4.00. The maximum Gasteiger partial charge on any atom is 0.223 e. The van der Waals surface area contributed by atoms with Crippen LogP contribution in [0.25, 0.3) is 0 Å². The van der Waals surface area contributed by atoms with Gasteiger partial charge in [-0.3, -0.25) is 4.79 Å². The quantitative estimate of drug-likeness (QED) is 0.704. The lowest BCUT2D eigenvalue weighted by atomic mass is 10.0. The summed E-state index contributed by atoms with van der Waals surface area (Å²) < 4.78 is 0. The predicted molar refractivity (Wildman–Crippen MR) is 56.7 cm³/mol. The van der Waals surface area contributed by atoms with Crippen molar-refractivity contribution in [3.8, 4) is 0 Å². The summed E-state index contributed by atoms with van der Waals surface area (Å²) in [4.78, 5) is 11.5. The van der Waals surface area contributed by atoms with Gasteiger partial charge < -0.3 is 11.1 Å². The van der Waals surface area contributed by atoms with E-state index in [1.165, 1.54) is 12.2 Å². The van der Waals surface area contributed by atoms with E-state index in [0.717, 1.165) is 12.2 Å². The first-order valence-electron chi connectivity index (χ1n) is 4.81. The standard InChI is InChI=1S/C9H18N2OS/c1-7(10)5-11-9(12)8-3-2-4-13-6-8/h7-8H,2-6,10H2,1H3,(H,11,12). The summed E-state index contributed by atoms with van der Waals surface area (Å²) in [5.41, 5.74) is 5.55. The van der Waals surface area contributed by atoms with E-state index in [-0.39, 0.29) is 17.9 Å². The smallest absolute Gasteiger partial charge is 0.223 e. The lowest BCUT2D eigenvalue weighted by Gasteiger charge is -2.20. The van der Waals surface area contributed by atoms with Crippen LogP contribution in [0, 0.1) is 5.92 Å². The van der Waals surface area contributed by atoms with E-state index < -0.39 is 0 Å². The molecule has 0 aliphatic carbocycles. The van der Waals surface area contributed by atoms with Gasteiger partial charge in [0.1, 0.15) is 0 Å². The molecule has 1 rings (SSSR count). The molecule has 0 saturated carbocycles. The Balaban J connectivity index is 2.21. The first kappa shape index (κ1) is 10.9. The van der Waals surface area contributed by atoms with Crippen molar-refractivity contribution < 1.29 is 4.79 Å². The SMILES string of the molecule is CC(N)CNC(=O)C1CCCSC1. The fourth-order valence-corrected chi connectivity index (χ4v) is 2.49. The normalized spacial score (nSPS) is 25.2. The number of amides is 1. The van der Waals surface area contributed by atoms with Crippen LogP contribution in [0.4, 0.5) is 0 Å². The second-order valence-corrected chi connectivity index (χ2v) is 4.79. The molecule has 0 bridgehead atoms. The second-order valence-electron chi connectivity index (χ2n) is 3.64. The largest absolute Gasteiger partial charge is 0.354 e. The molecule has 2 unspecified atom stereocenters. The van der Waals surface area contributed by atoms with Gasteiger partial charge in [-0.25, -0.2) is 0 Å². The molecular formula is C9H18N2OS. The molecule has 1 saturated heterocycles. The van der Waals surface area contributed by atoms with E-state index in [1.807, 2.05) is 18.7 Å². The molecule has 1 heterocycles. The van der Waals surface area contributed by atoms with Crippen LogP contribution in [0.5, 0.6) is 0 Å². The molecule has 1 aliphatic rings. The average Bonchev–Trinajstić information content (AvgIpc) is 2.15. The van der Waals surface area contributed by atoms with E-state index in [2.05, 4.69) is 5.32 Å². The predicted octanol–water partition coefficient (Wildman–Crippen LogP) is 0.593. The summed E-state index contributed by atoms with van der Waals surface area (Å²) in [5, 5.41) is 2.87. The Morgan fingerprint density at radius 3 is 3.08 bits per heavy atom. The second kappa shape index (κ2) is 5.50. The minimum absolute atomic E-state index is 0.0557. The van der Waals surface area contributed by atoms with Crippen molar-refractivity contribution in [1.29, 1.82) is 0 Å². The van der Waals surface area contributed by atoms with E-state index in [9.17, 15) is 4.79 Å². The molecule has 3 nitrogen and oxygen atoms in total. The summed E-state index contributed by atoms with van der Waals surface area (Å²) in [6, 6.07) is 0.0557. The molecule has 0 radical (unpaired) electrons. The van der Waals surface area contributed by atoms with Crippen LogP contribution in [0.1, 0.15) is 19.8 Å². The molecule has 0 aromatic heterocycles. The minimum Gasteiger partial charge on any atom is -0.354 e. The lowest BCUT2D eigenvalue weighted by molar-refractivity contribution is -0.124. The Bertz CT molecular complexity index is 167. The monoisotopic (exact) mass is 202 g/mol. The third-order valence-corrected chi connectivity index (χ3v) is 3.34. The van der Waals surface area contributed by atoms with Crippen LogP contribution in [-0.4, -0.2) is 30.0 Å². The van der Waals surface area contributed by atoms with Crippen molar-refractivity contribution >= 4 is 17.7 Å². The fourth-order valence-electron chi connectivity index (χ4n) is 1.35. The Labute approximate surface area is 83.8 Å². The highest BCUT2D eigenvalue weighted by atomic mass is 32.2. The molecule has 13 heavy (non-hydrogen) atoms. The number of hydrogen-bond donors (Lipinski definition) is 2. The minimum atomic E-state index is 0.0557. The molecule has 4 heteroatoms. The zero-order valence-electron chi connectivity index (χ0n) is 8.08. The molecule has 3 N–H and O–H groups in total. The van der Waals surface area contributed by atoms with Crippen LogP contribution in [0.15, 0.2) is 0 Å². The zero-order valence-corrected chi connectivity index (χ0v) is 8.90. The van der Waals surface area contributed by atoms with Gasteiger partial charge in [-0.05, 0) is 25.5 Å². The maximum atomic E-state index is 11.5. The summed E-state index contributed by atoms with van der Waals surface area (Å²) in [6.45, 7) is 2.50. The molecule has 76 valence electrons. The van der Waals surface area contributed by atoms with Crippen molar-refractivity contribution in [2.45, 2.75) is 25.8 Å². The van der Waals surface area contributed by atoms with E-state index >= 15 is 0 Å². The molecular weight excluding hydrogens is 184 g/mol. The Morgan fingerprint density at radius 2 is 2.54 bits per heavy atom. The number of carbonyl (C=O) groups excluding carboxylic acids is 1. The zero-order chi connectivity index (χ0) is 9.68. The molecule has 0 aromatic carbocycles. The molecule has 1 amide bonds. The van der Waals surface area contributed by atoms with Gasteiger partial charge in [-0.1, -0.05) is 0 Å². The van der Waals surface area contributed by atoms with Crippen LogP contribution >= 0.6 is 11.8 Å². The first-order valence-corrected chi connectivity index (χ1v) is 5.96. The van der Waals surface area contributed by atoms with Crippen molar-refractivity contribution in [3.05, 3.63) is 0 Å². The average molecular weight is 202 g/mol. The van der Waals surface area contributed by atoms with E-state index in [0.29, 0.717) is 6.54 Å². The van der Waals surface area contributed by atoms with Gasteiger partial charge in [0.25, 0.3) is 0 Å². The van der Waals surface area contributed by atoms with Crippen LogP contribution in [0.3, 0.4) is 0 Å². The molecule has 1 fully saturated rings. The number of hydrogen-bond acceptors (Lipinski definition) is 3. The van der Waals surface area contributed by atoms with E-state index in [4.69, 9.17) is 5.73 Å². The van der Waals surface area contributed by atoms with Gasteiger partial charge in [0.15, 0.2) is 0 Å². The van der Waals surface area contributed by atoms with Crippen LogP contribution in [-0.2, 0) is 4.79 Å². The number of rotatable bonds is 3. The number of thioether (sulfide) groups is 1. The van der Waals surface area contributed by atoms with Gasteiger partial charge in [-0.2, -0.15) is 11.8 Å². The van der Waals surface area contributed by atoms with Crippen molar-refractivity contribution in [3.63, 3.8) is 0 Å². The van der Waals surface area contributed by atoms with Crippen molar-refractivity contribution in [1.82, 2.24) is 5.32 Å². The van der Waals surface area contributed by atoms with Crippen molar-refractivity contribution in [2.24, 2.45) is 11.7 Å². The highest BCUT2D eigenvalue weighted by Crippen LogP contribution is 2.22. The molecule has 1 aliphatic heterocycles. The number of nitrogens with two attached hydrogens (primary N) is 1. The van der Waals surface area contributed by atoms with Crippen LogP contribution in [0.2, 0.25) is 0 Å². The fraction of sp³-hybridized carbons (Fsp3) is 0.889. The van der Waals surface area contributed by atoms with Crippen LogP contribution < -0.4 is 11.1 Å². The lowest BCUT2D eigenvalue weighted by Crippen LogP contribution is -2.39. The van der Waals surface area contributed by atoms with Gasteiger partial charge in [0, 0.05) is 24.3 Å². The first-order chi connectivity index (χ1) is 6.20. The topological polar surface area (TPSA) is 55.1 Å². The van der Waals surface area contributed by atoms with E-state index in [1.54, 1.807) is 0 Å². The Kier molecular flexibility index (Phi) is 4.59. The Morgan fingerprint density at radius 1 is 1.77 bits per heavy atom. The highest BCUT2D eigenvalue weighted by molar-refractivity contribution is 7.99. The summed E-state index contributed by atoms with van der Waals surface area (Å²) in [5.74, 6) is 2.59. The number of nitrogens with one attached hydrogen (secondary N) is 1. The highest BCUT2D eigenvalue weighted by Gasteiger charge is 2.20. The molecule has 0 aromatic rings. The molecule has 2 atom stereocenters. The number of carbonyl (C=O) groups is 1. The van der Waals surface area contributed by atoms with Gasteiger partial charge in [0.05, 0.1) is 0 Å². The Hall–Kier alpha value is -0.220. The summed E-state index contributed by atoms with van der Waals surface area (Å²) in [6.07, 6.45) is 2.21. The maximum absolute atomic E-state index is 11.5.